The molecule has 0 saturated heterocycles. The molecule has 2 nitrogen and oxygen atoms in total. The zero-order chi connectivity index (χ0) is 11.7. The van der Waals surface area contributed by atoms with Crippen molar-refractivity contribution in [3.63, 3.8) is 0 Å². The number of carbonyl (C=O) groups is 1. The van der Waals surface area contributed by atoms with Crippen molar-refractivity contribution in [1.82, 2.24) is 0 Å². The number of benzene rings is 1. The molecule has 1 aliphatic rings. The highest BCUT2D eigenvalue weighted by molar-refractivity contribution is 6.35. The minimum atomic E-state index is -0.685. The molecular formula is C12H12Cl2O2. The van der Waals surface area contributed by atoms with Crippen LogP contribution in [0.3, 0.4) is 0 Å². The Morgan fingerprint density at radius 2 is 2.00 bits per heavy atom. The Morgan fingerprint density at radius 3 is 2.50 bits per heavy atom. The standard InChI is InChI=1S/C12H12Cl2O2/c13-10-2-1-3-11(14)8(10)5-4-7-6-9(7)12(15)16/h1-3,7,9H,4-6H2,(H,15,16). The molecule has 2 rings (SSSR count). The lowest BCUT2D eigenvalue weighted by Gasteiger charge is -2.05. The third kappa shape index (κ3) is 2.50. The van der Waals surface area contributed by atoms with Crippen molar-refractivity contribution in [2.45, 2.75) is 19.3 Å². The van der Waals surface area contributed by atoms with Gasteiger partial charge in [0, 0.05) is 10.0 Å². The second-order valence-corrected chi connectivity index (χ2v) is 4.99. The molecule has 1 fully saturated rings. The van der Waals surface area contributed by atoms with E-state index in [9.17, 15) is 4.79 Å². The average molecular weight is 259 g/mol. The Bertz CT molecular complexity index is 397. The highest BCUT2D eigenvalue weighted by Gasteiger charge is 2.42. The largest absolute Gasteiger partial charge is 0.481 e. The van der Waals surface area contributed by atoms with Gasteiger partial charge < -0.3 is 5.11 Å². The normalized spacial score (nSPS) is 23.1. The number of aliphatic carboxylic acids is 1. The first-order valence-electron chi connectivity index (χ1n) is 5.25. The molecule has 2 atom stereocenters. The molecule has 0 bridgehead atoms. The number of hydrogen-bond donors (Lipinski definition) is 1. The van der Waals surface area contributed by atoms with E-state index in [0.717, 1.165) is 24.8 Å². The molecule has 0 heterocycles. The van der Waals surface area contributed by atoms with Crippen LogP contribution in [0.25, 0.3) is 0 Å². The van der Waals surface area contributed by atoms with E-state index in [1.54, 1.807) is 0 Å². The summed E-state index contributed by atoms with van der Waals surface area (Å²) < 4.78 is 0. The maximum atomic E-state index is 10.7. The summed E-state index contributed by atoms with van der Waals surface area (Å²) in [5.74, 6) is -0.540. The first-order chi connectivity index (χ1) is 7.59. The van der Waals surface area contributed by atoms with E-state index in [4.69, 9.17) is 28.3 Å². The molecule has 2 unspecified atom stereocenters. The molecule has 0 amide bonds. The molecule has 0 spiro atoms. The SMILES string of the molecule is O=C(O)C1CC1CCc1c(Cl)cccc1Cl. The molecule has 1 saturated carbocycles. The van der Waals surface area contributed by atoms with Crippen molar-refractivity contribution in [2.24, 2.45) is 11.8 Å². The number of rotatable bonds is 4. The van der Waals surface area contributed by atoms with Gasteiger partial charge in [-0.15, -0.1) is 0 Å². The highest BCUT2D eigenvalue weighted by atomic mass is 35.5. The van der Waals surface area contributed by atoms with Crippen molar-refractivity contribution in [2.75, 3.05) is 0 Å². The van der Waals surface area contributed by atoms with E-state index in [2.05, 4.69) is 0 Å². The Morgan fingerprint density at radius 1 is 1.38 bits per heavy atom. The van der Waals surface area contributed by atoms with E-state index in [-0.39, 0.29) is 5.92 Å². The molecule has 0 aliphatic heterocycles. The summed E-state index contributed by atoms with van der Waals surface area (Å²) in [6.07, 6.45) is 2.39. The Balaban J connectivity index is 1.94. The van der Waals surface area contributed by atoms with E-state index in [1.165, 1.54) is 0 Å². The first-order valence-corrected chi connectivity index (χ1v) is 6.01. The van der Waals surface area contributed by atoms with Crippen LogP contribution >= 0.6 is 23.2 Å². The number of hydrogen-bond acceptors (Lipinski definition) is 1. The van der Waals surface area contributed by atoms with Gasteiger partial charge in [0.2, 0.25) is 0 Å². The summed E-state index contributed by atoms with van der Waals surface area (Å²) in [4.78, 5) is 10.7. The van der Waals surface area contributed by atoms with Gasteiger partial charge in [0.25, 0.3) is 0 Å². The maximum absolute atomic E-state index is 10.7. The molecule has 4 heteroatoms. The van der Waals surface area contributed by atoms with E-state index < -0.39 is 5.97 Å². The average Bonchev–Trinajstić information content (AvgIpc) is 2.96. The molecule has 16 heavy (non-hydrogen) atoms. The number of carboxylic acid groups (broad SMARTS) is 1. The van der Waals surface area contributed by atoms with E-state index in [1.807, 2.05) is 18.2 Å². The molecule has 0 aromatic heterocycles. The second kappa shape index (κ2) is 4.64. The van der Waals surface area contributed by atoms with Gasteiger partial charge >= 0.3 is 5.97 Å². The van der Waals surface area contributed by atoms with E-state index >= 15 is 0 Å². The van der Waals surface area contributed by atoms with Crippen LogP contribution in [-0.2, 0) is 11.2 Å². The van der Waals surface area contributed by atoms with Crippen molar-refractivity contribution in [1.29, 1.82) is 0 Å². The fourth-order valence-corrected chi connectivity index (χ4v) is 2.56. The summed E-state index contributed by atoms with van der Waals surface area (Å²) in [6, 6.07) is 5.43. The minimum Gasteiger partial charge on any atom is -0.481 e. The van der Waals surface area contributed by atoms with Gasteiger partial charge in [-0.3, -0.25) is 4.79 Å². The van der Waals surface area contributed by atoms with Crippen LogP contribution in [0.2, 0.25) is 10.0 Å². The maximum Gasteiger partial charge on any atom is 0.306 e. The second-order valence-electron chi connectivity index (χ2n) is 4.18. The summed E-state index contributed by atoms with van der Waals surface area (Å²) >= 11 is 12.1. The summed E-state index contributed by atoms with van der Waals surface area (Å²) in [5, 5.41) is 10.1. The molecule has 1 aromatic carbocycles. The van der Waals surface area contributed by atoms with Crippen LogP contribution in [-0.4, -0.2) is 11.1 Å². The van der Waals surface area contributed by atoms with Gasteiger partial charge in [0.05, 0.1) is 5.92 Å². The van der Waals surface area contributed by atoms with Gasteiger partial charge in [0.1, 0.15) is 0 Å². The minimum absolute atomic E-state index is 0.152. The number of carboxylic acids is 1. The predicted octanol–water partition coefficient (Wildman–Crippen LogP) is 3.65. The van der Waals surface area contributed by atoms with Crippen LogP contribution < -0.4 is 0 Å². The lowest BCUT2D eigenvalue weighted by Crippen LogP contribution is -2.00. The Labute approximate surface area is 104 Å². The molecule has 1 N–H and O–H groups in total. The van der Waals surface area contributed by atoms with E-state index in [0.29, 0.717) is 16.0 Å². The Hall–Kier alpha value is -0.730. The lowest BCUT2D eigenvalue weighted by molar-refractivity contribution is -0.138. The molecule has 86 valence electrons. The van der Waals surface area contributed by atoms with Crippen LogP contribution in [0.1, 0.15) is 18.4 Å². The number of halogens is 2. The molecular weight excluding hydrogens is 247 g/mol. The molecule has 1 aliphatic carbocycles. The fourth-order valence-electron chi connectivity index (χ4n) is 1.97. The third-order valence-corrected chi connectivity index (χ3v) is 3.77. The van der Waals surface area contributed by atoms with Gasteiger partial charge in [-0.25, -0.2) is 0 Å². The summed E-state index contributed by atoms with van der Waals surface area (Å²) in [7, 11) is 0. The smallest absolute Gasteiger partial charge is 0.306 e. The quantitative estimate of drug-likeness (QED) is 0.896. The topological polar surface area (TPSA) is 37.3 Å². The van der Waals surface area contributed by atoms with Crippen LogP contribution in [0.5, 0.6) is 0 Å². The van der Waals surface area contributed by atoms with Gasteiger partial charge in [-0.1, -0.05) is 29.3 Å². The molecule has 0 radical (unpaired) electrons. The van der Waals surface area contributed by atoms with Crippen LogP contribution in [0.15, 0.2) is 18.2 Å². The highest BCUT2D eigenvalue weighted by Crippen LogP contribution is 2.42. The monoisotopic (exact) mass is 258 g/mol. The van der Waals surface area contributed by atoms with Gasteiger partial charge in [-0.05, 0) is 42.9 Å². The molecule has 1 aromatic rings. The third-order valence-electron chi connectivity index (χ3n) is 3.07. The lowest BCUT2D eigenvalue weighted by atomic mass is 10.1. The van der Waals surface area contributed by atoms with Crippen LogP contribution in [0.4, 0.5) is 0 Å². The summed E-state index contributed by atoms with van der Waals surface area (Å²) in [6.45, 7) is 0. The predicted molar refractivity (Wildman–Crippen MR) is 64.0 cm³/mol. The van der Waals surface area contributed by atoms with Crippen molar-refractivity contribution >= 4 is 29.2 Å². The zero-order valence-electron chi connectivity index (χ0n) is 8.62. The fraction of sp³-hybridized carbons (Fsp3) is 0.417. The van der Waals surface area contributed by atoms with Crippen molar-refractivity contribution < 1.29 is 9.90 Å². The zero-order valence-corrected chi connectivity index (χ0v) is 10.1. The Kier molecular flexibility index (Phi) is 3.41. The van der Waals surface area contributed by atoms with Crippen molar-refractivity contribution in [3.05, 3.63) is 33.8 Å². The summed E-state index contributed by atoms with van der Waals surface area (Å²) in [5.41, 5.74) is 0.932. The van der Waals surface area contributed by atoms with Gasteiger partial charge in [-0.2, -0.15) is 0 Å². The van der Waals surface area contributed by atoms with Crippen molar-refractivity contribution in [3.8, 4) is 0 Å². The van der Waals surface area contributed by atoms with Gasteiger partial charge in [0.15, 0.2) is 0 Å². The van der Waals surface area contributed by atoms with Crippen LogP contribution in [0, 0.1) is 11.8 Å². The first kappa shape index (κ1) is 11.7.